The van der Waals surface area contributed by atoms with Gasteiger partial charge in [0.1, 0.15) is 5.01 Å². The van der Waals surface area contributed by atoms with Gasteiger partial charge in [-0.3, -0.25) is 19.8 Å². The van der Waals surface area contributed by atoms with Crippen molar-refractivity contribution in [1.82, 2.24) is 15.2 Å². The zero-order chi connectivity index (χ0) is 20.6. The van der Waals surface area contributed by atoms with Gasteiger partial charge in [0.05, 0.1) is 11.4 Å². The van der Waals surface area contributed by atoms with Gasteiger partial charge in [-0.1, -0.05) is 42.9 Å². The van der Waals surface area contributed by atoms with Crippen LogP contribution in [0.2, 0.25) is 0 Å². The molecule has 9 heteroatoms. The lowest BCUT2D eigenvalue weighted by molar-refractivity contribution is -0.116. The highest BCUT2D eigenvalue weighted by Gasteiger charge is 2.17. The highest BCUT2D eigenvalue weighted by molar-refractivity contribution is 7.15. The van der Waals surface area contributed by atoms with Gasteiger partial charge >= 0.3 is 0 Å². The monoisotopic (exact) mass is 427 g/mol. The molecule has 1 N–H and O–H groups in total. The minimum absolute atomic E-state index is 0.131. The minimum Gasteiger partial charge on any atom is -0.297 e. The summed E-state index contributed by atoms with van der Waals surface area (Å²) in [6, 6.07) is 9.32. The first-order valence-corrected chi connectivity index (χ1v) is 10.9. The molecule has 0 bridgehead atoms. The van der Waals surface area contributed by atoms with Crippen LogP contribution in [0.5, 0.6) is 0 Å². The van der Waals surface area contributed by atoms with Crippen LogP contribution < -0.4 is 10.2 Å². The van der Waals surface area contributed by atoms with E-state index in [4.69, 9.17) is 0 Å². The summed E-state index contributed by atoms with van der Waals surface area (Å²) in [5, 5.41) is 14.5. The molecule has 3 rings (SSSR count). The lowest BCUT2D eigenvalue weighted by atomic mass is 10.3. The Morgan fingerprint density at radius 2 is 2.00 bits per heavy atom. The van der Waals surface area contributed by atoms with E-state index < -0.39 is 0 Å². The molecule has 7 nitrogen and oxygen atoms in total. The predicted molar refractivity (Wildman–Crippen MR) is 118 cm³/mol. The second-order valence-corrected chi connectivity index (χ2v) is 8.07. The quantitative estimate of drug-likeness (QED) is 0.528. The summed E-state index contributed by atoms with van der Waals surface area (Å²) in [5.74, 6) is -0.432. The van der Waals surface area contributed by atoms with Crippen LogP contribution in [-0.4, -0.2) is 27.0 Å². The molecule has 0 spiro atoms. The van der Waals surface area contributed by atoms with E-state index in [2.05, 4.69) is 27.4 Å². The fourth-order valence-electron chi connectivity index (χ4n) is 2.50. The number of hydrogen-bond donors (Lipinski definition) is 1. The van der Waals surface area contributed by atoms with Crippen LogP contribution in [0.1, 0.15) is 37.4 Å². The number of aromatic nitrogens is 3. The van der Waals surface area contributed by atoms with Crippen LogP contribution in [0.4, 0.5) is 16.0 Å². The second kappa shape index (κ2) is 10.0. The molecule has 2 amide bonds. The van der Waals surface area contributed by atoms with Crippen molar-refractivity contribution in [2.24, 2.45) is 0 Å². The van der Waals surface area contributed by atoms with Gasteiger partial charge in [0.15, 0.2) is 5.13 Å². The number of unbranched alkanes of at least 4 members (excludes halogenated alkanes) is 1. The molecule has 0 aliphatic carbocycles. The molecule has 0 fully saturated rings. The Morgan fingerprint density at radius 1 is 1.21 bits per heavy atom. The Balaban J connectivity index is 1.64. The normalized spacial score (nSPS) is 11.0. The van der Waals surface area contributed by atoms with E-state index in [0.29, 0.717) is 16.0 Å². The number of benzene rings is 1. The average molecular weight is 428 g/mol. The fourth-order valence-corrected chi connectivity index (χ4v) is 4.14. The molecular weight excluding hydrogens is 406 g/mol. The summed E-state index contributed by atoms with van der Waals surface area (Å²) >= 11 is 2.72. The summed E-state index contributed by atoms with van der Waals surface area (Å²) in [4.78, 5) is 30.2. The summed E-state index contributed by atoms with van der Waals surface area (Å²) in [6.45, 7) is 3.61. The van der Waals surface area contributed by atoms with E-state index in [1.807, 2.05) is 30.3 Å². The van der Waals surface area contributed by atoms with Crippen molar-refractivity contribution >= 4 is 56.5 Å². The molecule has 150 valence electrons. The maximum atomic E-state index is 12.1. The number of para-hydroxylation sites is 1. The highest BCUT2D eigenvalue weighted by atomic mass is 32.1. The van der Waals surface area contributed by atoms with Gasteiger partial charge in [-0.15, -0.1) is 21.5 Å². The van der Waals surface area contributed by atoms with Crippen molar-refractivity contribution in [3.8, 4) is 0 Å². The molecule has 0 unspecified atom stereocenters. The first kappa shape index (κ1) is 20.8. The Bertz CT molecular complexity index is 997. The average Bonchev–Trinajstić information content (AvgIpc) is 3.35. The summed E-state index contributed by atoms with van der Waals surface area (Å²) in [6.07, 6.45) is 6.01. The smallest absolute Gasteiger partial charge is 0.250 e. The summed E-state index contributed by atoms with van der Waals surface area (Å²) < 4.78 is 0. The van der Waals surface area contributed by atoms with E-state index >= 15 is 0 Å². The lowest BCUT2D eigenvalue weighted by Crippen LogP contribution is -2.22. The molecule has 1 aromatic carbocycles. The van der Waals surface area contributed by atoms with Crippen LogP contribution in [-0.2, 0) is 16.0 Å². The van der Waals surface area contributed by atoms with Crippen molar-refractivity contribution in [3.05, 3.63) is 52.5 Å². The van der Waals surface area contributed by atoms with Gasteiger partial charge in [-0.25, -0.2) is 4.98 Å². The maximum Gasteiger partial charge on any atom is 0.250 e. The van der Waals surface area contributed by atoms with Crippen LogP contribution in [0.25, 0.3) is 6.08 Å². The largest absolute Gasteiger partial charge is 0.297 e. The number of nitrogens with one attached hydrogen (secondary N) is 1. The SMILES string of the molecule is CCCCc1nnc(NC(=O)C=Cc2csc(N(C(C)=O)c3ccccc3)n2)s1. The van der Waals surface area contributed by atoms with Gasteiger partial charge in [-0.2, -0.15) is 0 Å². The van der Waals surface area contributed by atoms with Crippen molar-refractivity contribution in [3.63, 3.8) is 0 Å². The molecule has 2 heterocycles. The number of hydrogen-bond acceptors (Lipinski definition) is 7. The van der Waals surface area contributed by atoms with Crippen molar-refractivity contribution < 1.29 is 9.59 Å². The third kappa shape index (κ3) is 5.78. The van der Waals surface area contributed by atoms with Gasteiger partial charge < -0.3 is 0 Å². The van der Waals surface area contributed by atoms with Crippen molar-refractivity contribution in [2.75, 3.05) is 10.2 Å². The molecule has 0 saturated carbocycles. The zero-order valence-corrected chi connectivity index (χ0v) is 17.8. The van der Waals surface area contributed by atoms with Crippen LogP contribution in [0, 0.1) is 0 Å². The molecule has 3 aromatic rings. The molecule has 29 heavy (non-hydrogen) atoms. The Labute approximate surface area is 177 Å². The molecule has 0 radical (unpaired) electrons. The fraction of sp³-hybridized carbons (Fsp3) is 0.250. The Morgan fingerprint density at radius 3 is 2.72 bits per heavy atom. The van der Waals surface area contributed by atoms with Crippen LogP contribution >= 0.6 is 22.7 Å². The summed E-state index contributed by atoms with van der Waals surface area (Å²) in [5.41, 5.74) is 1.35. The molecule has 2 aromatic heterocycles. The van der Waals surface area contributed by atoms with Gasteiger partial charge in [0, 0.05) is 24.8 Å². The van der Waals surface area contributed by atoms with Crippen molar-refractivity contribution in [1.29, 1.82) is 0 Å². The van der Waals surface area contributed by atoms with Crippen LogP contribution in [0.15, 0.2) is 41.8 Å². The summed E-state index contributed by atoms with van der Waals surface area (Å²) in [7, 11) is 0. The maximum absolute atomic E-state index is 12.1. The number of carbonyl (C=O) groups is 2. The van der Waals surface area contributed by atoms with Gasteiger partial charge in [0.25, 0.3) is 0 Å². The third-order valence-electron chi connectivity index (χ3n) is 3.88. The van der Waals surface area contributed by atoms with E-state index in [9.17, 15) is 9.59 Å². The molecule has 0 atom stereocenters. The number of thiazole rings is 1. The first-order valence-electron chi connectivity index (χ1n) is 9.19. The van der Waals surface area contributed by atoms with Gasteiger partial charge in [0.2, 0.25) is 16.9 Å². The Hall–Kier alpha value is -2.91. The standard InChI is InChI=1S/C20H21N5O2S2/c1-3-4-10-18-23-24-19(29-18)22-17(27)12-11-15-13-28-20(21-15)25(14(2)26)16-8-6-5-7-9-16/h5-9,11-13H,3-4,10H2,1-2H3,(H,22,24,27). The number of aryl methyl sites for hydroxylation is 1. The van der Waals surface area contributed by atoms with Crippen molar-refractivity contribution in [2.45, 2.75) is 33.1 Å². The molecule has 0 aliphatic heterocycles. The number of nitrogens with zero attached hydrogens (tertiary/aromatic N) is 4. The predicted octanol–water partition coefficient (Wildman–Crippen LogP) is 4.67. The van der Waals surface area contributed by atoms with E-state index in [-0.39, 0.29) is 11.8 Å². The minimum atomic E-state index is -0.302. The second-order valence-electron chi connectivity index (χ2n) is 6.17. The van der Waals surface area contributed by atoms with E-state index in [1.54, 1.807) is 16.4 Å². The number of rotatable bonds is 8. The highest BCUT2D eigenvalue weighted by Crippen LogP contribution is 2.29. The van der Waals surface area contributed by atoms with E-state index in [0.717, 1.165) is 30.0 Å². The third-order valence-corrected chi connectivity index (χ3v) is 5.62. The number of amides is 2. The van der Waals surface area contributed by atoms with Gasteiger partial charge in [-0.05, 0) is 24.6 Å². The van der Waals surface area contributed by atoms with Crippen LogP contribution in [0.3, 0.4) is 0 Å². The molecule has 0 saturated heterocycles. The zero-order valence-electron chi connectivity index (χ0n) is 16.2. The molecular formula is C20H21N5O2S2. The number of anilines is 3. The topological polar surface area (TPSA) is 88.1 Å². The van der Waals surface area contributed by atoms with E-state index in [1.165, 1.54) is 35.7 Å². The number of carbonyl (C=O) groups excluding carboxylic acids is 2. The Kier molecular flexibility index (Phi) is 7.20. The first-order chi connectivity index (χ1) is 14.1. The lowest BCUT2D eigenvalue weighted by Gasteiger charge is -2.17. The molecule has 0 aliphatic rings.